The van der Waals surface area contributed by atoms with E-state index in [0.717, 1.165) is 0 Å². The zero-order chi connectivity index (χ0) is 11.6. The van der Waals surface area contributed by atoms with E-state index in [1.165, 1.54) is 12.3 Å². The number of nitrogens with zero attached hydrogens (tertiary/aromatic N) is 1. The first-order valence-electron chi connectivity index (χ1n) is 4.79. The van der Waals surface area contributed by atoms with Crippen LogP contribution in [0.15, 0.2) is 16.8 Å². The van der Waals surface area contributed by atoms with Crippen molar-refractivity contribution in [2.24, 2.45) is 10.9 Å². The molecule has 0 aromatic rings. The van der Waals surface area contributed by atoms with Gasteiger partial charge in [-0.2, -0.15) is 0 Å². The normalized spacial score (nSPS) is 21.2. The van der Waals surface area contributed by atoms with Crippen molar-refractivity contribution < 1.29 is 14.3 Å². The first-order valence-corrected chi connectivity index (χ1v) is 4.79. The number of ether oxygens (including phenoxy) is 1. The summed E-state index contributed by atoms with van der Waals surface area (Å²) >= 11 is 0. The average Bonchev–Trinajstić information content (AvgIpc) is 2.06. The van der Waals surface area contributed by atoms with E-state index in [1.54, 1.807) is 27.7 Å². The smallest absolute Gasteiger partial charge is 0.321 e. The molecule has 1 aliphatic rings. The third kappa shape index (κ3) is 3.31. The second-order valence-corrected chi connectivity index (χ2v) is 4.48. The summed E-state index contributed by atoms with van der Waals surface area (Å²) in [6, 6.07) is 0. The van der Waals surface area contributed by atoms with E-state index in [1.807, 2.05) is 0 Å². The number of ketones is 1. The minimum Gasteiger partial charge on any atom is -0.459 e. The van der Waals surface area contributed by atoms with Crippen LogP contribution in [-0.4, -0.2) is 23.6 Å². The van der Waals surface area contributed by atoms with E-state index in [9.17, 15) is 9.59 Å². The average molecular weight is 209 g/mol. The van der Waals surface area contributed by atoms with Crippen LogP contribution in [0.1, 0.15) is 27.7 Å². The Morgan fingerprint density at radius 3 is 2.60 bits per heavy atom. The summed E-state index contributed by atoms with van der Waals surface area (Å²) in [4.78, 5) is 26.8. The predicted octanol–water partition coefficient (Wildman–Crippen LogP) is 1.50. The molecule has 0 aromatic heterocycles. The van der Waals surface area contributed by atoms with Crippen LogP contribution in [0, 0.1) is 5.92 Å². The highest BCUT2D eigenvalue weighted by molar-refractivity contribution is 6.34. The van der Waals surface area contributed by atoms with E-state index in [4.69, 9.17) is 4.74 Å². The molecule has 1 aliphatic heterocycles. The summed E-state index contributed by atoms with van der Waals surface area (Å²) in [5.41, 5.74) is 0.0821. The number of aliphatic imine (C=N–C) groups is 1. The van der Waals surface area contributed by atoms with Crippen LogP contribution < -0.4 is 0 Å². The molecule has 82 valence electrons. The number of carbonyl (C=O) groups is 2. The Bertz CT molecular complexity index is 347. The van der Waals surface area contributed by atoms with Crippen molar-refractivity contribution in [1.82, 2.24) is 0 Å². The highest BCUT2D eigenvalue weighted by Gasteiger charge is 2.30. The Kier molecular flexibility index (Phi) is 3.07. The fourth-order valence-corrected chi connectivity index (χ4v) is 1.16. The van der Waals surface area contributed by atoms with Crippen molar-refractivity contribution in [3.05, 3.63) is 11.8 Å². The Balaban J connectivity index is 2.77. The molecule has 0 aliphatic carbocycles. The van der Waals surface area contributed by atoms with Crippen LogP contribution in [0.5, 0.6) is 0 Å². The van der Waals surface area contributed by atoms with Crippen molar-refractivity contribution in [3.8, 4) is 0 Å². The summed E-state index contributed by atoms with van der Waals surface area (Å²) < 4.78 is 5.13. The molecule has 1 heterocycles. The SMILES string of the molecule is CC1=CC(C(=O)OC(C)(C)C)C(=O)C=N1. The second kappa shape index (κ2) is 3.96. The zero-order valence-corrected chi connectivity index (χ0v) is 9.40. The third-order valence-electron chi connectivity index (χ3n) is 1.77. The van der Waals surface area contributed by atoms with Gasteiger partial charge in [-0.05, 0) is 33.8 Å². The standard InChI is InChI=1S/C11H15NO3/c1-7-5-8(9(13)6-12-7)10(14)15-11(2,3)4/h5-6,8H,1-4H3. The summed E-state index contributed by atoms with van der Waals surface area (Å²) in [5, 5.41) is 0. The number of esters is 1. The number of Topliss-reactive ketones (excluding diaryl/α,β-unsaturated/α-hetero) is 1. The maximum Gasteiger partial charge on any atom is 0.321 e. The summed E-state index contributed by atoms with van der Waals surface area (Å²) in [7, 11) is 0. The monoisotopic (exact) mass is 209 g/mol. The molecule has 0 spiro atoms. The second-order valence-electron chi connectivity index (χ2n) is 4.48. The number of hydrogen-bond acceptors (Lipinski definition) is 4. The molecule has 0 fully saturated rings. The maximum absolute atomic E-state index is 11.6. The van der Waals surface area contributed by atoms with Crippen molar-refractivity contribution in [1.29, 1.82) is 0 Å². The van der Waals surface area contributed by atoms with Gasteiger partial charge >= 0.3 is 5.97 Å². The van der Waals surface area contributed by atoms with Gasteiger partial charge in [-0.3, -0.25) is 14.6 Å². The van der Waals surface area contributed by atoms with Gasteiger partial charge in [-0.1, -0.05) is 0 Å². The van der Waals surface area contributed by atoms with Crippen LogP contribution in [0.2, 0.25) is 0 Å². The van der Waals surface area contributed by atoms with Crippen LogP contribution >= 0.6 is 0 Å². The fraction of sp³-hybridized carbons (Fsp3) is 0.545. The van der Waals surface area contributed by atoms with E-state index in [-0.39, 0.29) is 5.78 Å². The van der Waals surface area contributed by atoms with Crippen molar-refractivity contribution >= 4 is 18.0 Å². The Labute approximate surface area is 89.0 Å². The Morgan fingerprint density at radius 2 is 2.07 bits per heavy atom. The van der Waals surface area contributed by atoms with Crippen LogP contribution in [0.25, 0.3) is 0 Å². The van der Waals surface area contributed by atoms with Crippen LogP contribution in [-0.2, 0) is 14.3 Å². The lowest BCUT2D eigenvalue weighted by Gasteiger charge is -2.22. The molecule has 1 rings (SSSR count). The highest BCUT2D eigenvalue weighted by atomic mass is 16.6. The van der Waals surface area contributed by atoms with Crippen molar-refractivity contribution in [2.75, 3.05) is 0 Å². The maximum atomic E-state index is 11.6. The molecule has 0 saturated carbocycles. The Hall–Kier alpha value is -1.45. The van der Waals surface area contributed by atoms with Gasteiger partial charge in [0.05, 0.1) is 6.21 Å². The molecule has 0 N–H and O–H groups in total. The molecular weight excluding hydrogens is 194 g/mol. The van der Waals surface area contributed by atoms with Crippen LogP contribution in [0.4, 0.5) is 0 Å². The molecule has 0 bridgehead atoms. The molecule has 0 amide bonds. The zero-order valence-electron chi connectivity index (χ0n) is 9.40. The van der Waals surface area contributed by atoms with Gasteiger partial charge in [0, 0.05) is 5.70 Å². The predicted molar refractivity (Wildman–Crippen MR) is 56.6 cm³/mol. The first-order chi connectivity index (χ1) is 6.79. The summed E-state index contributed by atoms with van der Waals surface area (Å²) in [6.45, 7) is 7.04. The lowest BCUT2D eigenvalue weighted by Crippen LogP contribution is -2.33. The minimum atomic E-state index is -0.832. The summed E-state index contributed by atoms with van der Waals surface area (Å²) in [6.07, 6.45) is 2.69. The quantitative estimate of drug-likeness (QED) is 0.485. The van der Waals surface area contributed by atoms with Crippen LogP contribution in [0.3, 0.4) is 0 Å². The largest absolute Gasteiger partial charge is 0.459 e. The van der Waals surface area contributed by atoms with Gasteiger partial charge in [-0.15, -0.1) is 0 Å². The van der Waals surface area contributed by atoms with E-state index in [0.29, 0.717) is 5.70 Å². The molecule has 0 saturated heterocycles. The molecule has 15 heavy (non-hydrogen) atoms. The lowest BCUT2D eigenvalue weighted by molar-refractivity contribution is -0.159. The lowest BCUT2D eigenvalue weighted by atomic mass is 10.0. The van der Waals surface area contributed by atoms with Gasteiger partial charge in [0.1, 0.15) is 11.5 Å². The molecule has 1 unspecified atom stereocenters. The number of hydrogen-bond donors (Lipinski definition) is 0. The topological polar surface area (TPSA) is 55.7 Å². The van der Waals surface area contributed by atoms with Crippen molar-refractivity contribution in [2.45, 2.75) is 33.3 Å². The Morgan fingerprint density at radius 1 is 1.47 bits per heavy atom. The molecule has 0 aromatic carbocycles. The molecule has 1 atom stereocenters. The number of carbonyl (C=O) groups excluding carboxylic acids is 2. The van der Waals surface area contributed by atoms with Gasteiger partial charge in [0.25, 0.3) is 0 Å². The van der Waals surface area contributed by atoms with Gasteiger partial charge < -0.3 is 4.74 Å². The summed E-state index contributed by atoms with van der Waals surface area (Å²) in [5.74, 6) is -1.67. The number of allylic oxidation sites excluding steroid dienone is 1. The molecule has 4 nitrogen and oxygen atoms in total. The number of rotatable bonds is 1. The van der Waals surface area contributed by atoms with E-state index in [2.05, 4.69) is 4.99 Å². The highest BCUT2D eigenvalue weighted by Crippen LogP contribution is 2.16. The van der Waals surface area contributed by atoms with Gasteiger partial charge in [0.2, 0.25) is 0 Å². The third-order valence-corrected chi connectivity index (χ3v) is 1.77. The molecule has 4 heteroatoms. The van der Waals surface area contributed by atoms with E-state index < -0.39 is 17.5 Å². The molecule has 0 radical (unpaired) electrons. The van der Waals surface area contributed by atoms with Gasteiger partial charge in [0.15, 0.2) is 5.78 Å². The first kappa shape index (κ1) is 11.6. The molecular formula is C11H15NO3. The van der Waals surface area contributed by atoms with Gasteiger partial charge in [-0.25, -0.2) is 0 Å². The minimum absolute atomic E-state index is 0.324. The van der Waals surface area contributed by atoms with E-state index >= 15 is 0 Å². The fourth-order valence-electron chi connectivity index (χ4n) is 1.16. The van der Waals surface area contributed by atoms with Crippen molar-refractivity contribution in [3.63, 3.8) is 0 Å².